The van der Waals surface area contributed by atoms with Crippen molar-refractivity contribution in [2.24, 2.45) is 28.6 Å². The van der Waals surface area contributed by atoms with Gasteiger partial charge in [-0.15, -0.1) is 0 Å². The van der Waals surface area contributed by atoms with Crippen LogP contribution in [0.5, 0.6) is 0 Å². The number of hydrogen-bond donors (Lipinski definition) is 4. The normalized spacial score (nSPS) is 25.1. The van der Waals surface area contributed by atoms with Gasteiger partial charge in [-0.2, -0.15) is 0 Å². The second-order valence-electron chi connectivity index (χ2n) is 24.4. The number of Topliss-reactive ketones (excluding diaryl/α,β-unsaturated/α-hetero) is 1. The molecule has 6 aliphatic rings. The molecule has 25 heteroatoms. The standard InChI is InChI=1S/C69H97N3O22/c1-67-17-14-55(74)46-53(67)10-11-56-57-47-60-69(59(76)49-73,68(57,2)48-58(75)65(56)67)94-66(93-60)52-8-6-50(7-9-52)44-51-4-3-5-54(45-51)71-62(78)16-20-81-22-24-83-26-28-85-30-32-87-34-36-89-38-40-91-42-43-92-41-39-90-37-35-88-33-31-86-29-27-84-25-23-82-21-18-70-61(77)15-19-72-63(79)12-13-64(72)80/h3-9,12-14,17,45-46,56-58,60,65-66,73,75H,10-11,15-16,18-44,47-49H2,1-2H3,(H,70,77)(H,71,78)/t56-,57?,58-,60+,65?,66+,67-,68-,69+/m0/s1. The number of carbonyl (C=O) groups is 6. The van der Waals surface area contributed by atoms with Gasteiger partial charge in [0.2, 0.25) is 11.8 Å². The minimum Gasteiger partial charge on any atom is -0.393 e. The number of allylic oxidation sites excluding steroid dienone is 4. The molecule has 1 saturated heterocycles. The lowest BCUT2D eigenvalue weighted by Gasteiger charge is -2.59. The second-order valence-corrected chi connectivity index (χ2v) is 24.4. The molecule has 9 atom stereocenters. The number of carbonyl (C=O) groups excluding carboxylic acids is 6. The summed E-state index contributed by atoms with van der Waals surface area (Å²) in [5.41, 5.74) is 1.87. The molecule has 0 aromatic heterocycles. The molecule has 25 nitrogen and oxygen atoms in total. The van der Waals surface area contributed by atoms with Crippen LogP contribution in [-0.2, 0) is 102 Å². The van der Waals surface area contributed by atoms with Crippen LogP contribution in [0.15, 0.2) is 84.5 Å². The molecule has 2 heterocycles. The lowest BCUT2D eigenvalue weighted by Crippen LogP contribution is -2.63. The van der Waals surface area contributed by atoms with E-state index in [4.69, 9.17) is 66.3 Å². The SMILES string of the molecule is C[C@]12C=CC(=O)C=C1CC[C@@H]1C2[C@@H](O)C[C@@]2(C)C1C[C@H]1O[C@@H](c3ccc(Cc4cccc(NC(=O)CCOCCOCCOCCOCCOCCOCCOCCOCCOCCOCCOCCOCCNC(=O)CCN5C(=O)C=CC5=O)c4)cc3)O[C@]12C(=O)CO. The van der Waals surface area contributed by atoms with E-state index in [9.17, 15) is 39.0 Å². The lowest BCUT2D eigenvalue weighted by atomic mass is 9.46. The molecule has 0 spiro atoms. The van der Waals surface area contributed by atoms with Gasteiger partial charge in [-0.1, -0.05) is 61.9 Å². The van der Waals surface area contributed by atoms with Crippen LogP contribution in [0.4, 0.5) is 5.69 Å². The lowest BCUT2D eigenvalue weighted by molar-refractivity contribution is -0.201. The van der Waals surface area contributed by atoms with E-state index < -0.39 is 59.1 Å². The predicted molar refractivity (Wildman–Crippen MR) is 339 cm³/mol. The highest BCUT2D eigenvalue weighted by molar-refractivity contribution is 6.13. The first kappa shape index (κ1) is 74.2. The van der Waals surface area contributed by atoms with Crippen LogP contribution in [0.2, 0.25) is 0 Å². The molecule has 4 N–H and O–H groups in total. The van der Waals surface area contributed by atoms with Crippen LogP contribution < -0.4 is 10.6 Å². The van der Waals surface area contributed by atoms with Crippen LogP contribution in [0.1, 0.15) is 75.4 Å². The molecule has 3 saturated carbocycles. The molecule has 0 radical (unpaired) electrons. The number of hydrogen-bond acceptors (Lipinski definition) is 22. The Morgan fingerprint density at radius 2 is 1.13 bits per heavy atom. The smallest absolute Gasteiger partial charge is 0.253 e. The minimum atomic E-state index is -1.42. The molecular formula is C69H97N3O22. The van der Waals surface area contributed by atoms with Crippen molar-refractivity contribution in [3.63, 3.8) is 0 Å². The number of imide groups is 1. The Hall–Kier alpha value is -5.56. The minimum absolute atomic E-state index is 0.00955. The topological polar surface area (TPSA) is 299 Å². The maximum atomic E-state index is 14.0. The Morgan fingerprint density at radius 3 is 1.65 bits per heavy atom. The monoisotopic (exact) mass is 1320 g/mol. The predicted octanol–water partition coefficient (Wildman–Crippen LogP) is 3.84. The van der Waals surface area contributed by atoms with Crippen molar-refractivity contribution in [2.75, 3.05) is 184 Å². The summed E-state index contributed by atoms with van der Waals surface area (Å²) in [5.74, 6) is -1.71. The number of anilines is 1. The highest BCUT2D eigenvalue weighted by Crippen LogP contribution is 2.70. The zero-order valence-electron chi connectivity index (χ0n) is 54.5. The maximum absolute atomic E-state index is 14.0. The number of nitrogens with one attached hydrogen (secondary N) is 2. The Labute approximate surface area is 550 Å². The molecule has 2 aromatic carbocycles. The van der Waals surface area contributed by atoms with Crippen LogP contribution in [0.25, 0.3) is 0 Å². The number of aliphatic hydroxyl groups is 2. The van der Waals surface area contributed by atoms with E-state index in [1.165, 1.54) is 12.2 Å². The number of ketones is 2. The molecule has 0 bridgehead atoms. The van der Waals surface area contributed by atoms with Crippen molar-refractivity contribution in [2.45, 2.75) is 82.9 Å². The first-order valence-electron chi connectivity index (χ1n) is 33.1. The van der Waals surface area contributed by atoms with Gasteiger partial charge in [0, 0.05) is 59.7 Å². The van der Waals surface area contributed by atoms with Gasteiger partial charge in [0.15, 0.2) is 23.5 Å². The van der Waals surface area contributed by atoms with Crippen molar-refractivity contribution in [1.82, 2.24) is 10.2 Å². The molecule has 8 rings (SSSR count). The first-order chi connectivity index (χ1) is 45.8. The molecule has 94 heavy (non-hydrogen) atoms. The van der Waals surface area contributed by atoms with Crippen LogP contribution in [0, 0.1) is 28.6 Å². The van der Waals surface area contributed by atoms with E-state index in [2.05, 4.69) is 17.6 Å². The third-order valence-corrected chi connectivity index (χ3v) is 18.3. The Kier molecular flexibility index (Phi) is 30.8. The fourth-order valence-corrected chi connectivity index (χ4v) is 13.7. The van der Waals surface area contributed by atoms with Crippen molar-refractivity contribution >= 4 is 40.9 Å². The van der Waals surface area contributed by atoms with Crippen molar-refractivity contribution in [3.05, 3.63) is 101 Å². The number of rotatable bonds is 48. The van der Waals surface area contributed by atoms with E-state index in [1.54, 1.807) is 12.2 Å². The van der Waals surface area contributed by atoms with Crippen LogP contribution >= 0.6 is 0 Å². The summed E-state index contributed by atoms with van der Waals surface area (Å²) in [6.07, 6.45) is 8.77. The van der Waals surface area contributed by atoms with E-state index in [0.717, 1.165) is 40.0 Å². The zero-order valence-corrected chi connectivity index (χ0v) is 54.5. The average Bonchev–Trinajstić information content (AvgIpc) is 1.48. The molecular weight excluding hydrogens is 1220 g/mol. The highest BCUT2D eigenvalue weighted by atomic mass is 16.7. The van der Waals surface area contributed by atoms with Gasteiger partial charge in [0.1, 0.15) is 6.61 Å². The van der Waals surface area contributed by atoms with Crippen molar-refractivity contribution < 1.29 is 105 Å². The summed E-state index contributed by atoms with van der Waals surface area (Å²) in [7, 11) is 0. The number of amides is 4. The van der Waals surface area contributed by atoms with Crippen LogP contribution in [-0.4, -0.2) is 246 Å². The van der Waals surface area contributed by atoms with Crippen molar-refractivity contribution in [3.8, 4) is 0 Å². The Bertz CT molecular complexity index is 2800. The van der Waals surface area contributed by atoms with E-state index in [0.29, 0.717) is 183 Å². The summed E-state index contributed by atoms with van der Waals surface area (Å²) in [6.45, 7) is 13.8. The van der Waals surface area contributed by atoms with Gasteiger partial charge >= 0.3 is 0 Å². The quantitative estimate of drug-likeness (QED) is 0.0540. The third kappa shape index (κ3) is 21.2. The first-order valence-corrected chi connectivity index (χ1v) is 33.1. The fourth-order valence-electron chi connectivity index (χ4n) is 13.7. The van der Waals surface area contributed by atoms with Crippen molar-refractivity contribution in [1.29, 1.82) is 0 Å². The number of benzene rings is 2. The molecule has 2 unspecified atom stereocenters. The summed E-state index contributed by atoms with van der Waals surface area (Å²) in [6, 6.07) is 15.6. The molecule has 4 fully saturated rings. The number of ether oxygens (including phenoxy) is 14. The number of aliphatic hydroxyl groups excluding tert-OH is 2. The summed E-state index contributed by atoms with van der Waals surface area (Å²) in [4.78, 5) is 75.0. The molecule has 520 valence electrons. The highest BCUT2D eigenvalue weighted by Gasteiger charge is 2.76. The summed E-state index contributed by atoms with van der Waals surface area (Å²) < 4.78 is 79.8. The van der Waals surface area contributed by atoms with E-state index in [-0.39, 0.29) is 61.3 Å². The van der Waals surface area contributed by atoms with Crippen LogP contribution in [0.3, 0.4) is 0 Å². The Morgan fingerprint density at radius 1 is 0.617 bits per heavy atom. The molecule has 4 aliphatic carbocycles. The van der Waals surface area contributed by atoms with Gasteiger partial charge in [-0.3, -0.25) is 33.7 Å². The fraction of sp³-hybridized carbons (Fsp3) is 0.652. The van der Waals surface area contributed by atoms with Gasteiger partial charge in [0.25, 0.3) is 11.8 Å². The van der Waals surface area contributed by atoms with Gasteiger partial charge < -0.3 is 87.2 Å². The molecule has 4 amide bonds. The number of nitrogens with zero attached hydrogens (tertiary/aromatic N) is 1. The summed E-state index contributed by atoms with van der Waals surface area (Å²) >= 11 is 0. The average molecular weight is 1320 g/mol. The van der Waals surface area contributed by atoms with Gasteiger partial charge in [-0.05, 0) is 79.4 Å². The Balaban J connectivity index is 0.540. The van der Waals surface area contributed by atoms with Gasteiger partial charge in [-0.25, -0.2) is 0 Å². The van der Waals surface area contributed by atoms with Gasteiger partial charge in [0.05, 0.1) is 177 Å². The third-order valence-electron chi connectivity index (χ3n) is 18.3. The number of fused-ring (bicyclic) bond motifs is 7. The van der Waals surface area contributed by atoms with E-state index in [1.807, 2.05) is 61.5 Å². The zero-order chi connectivity index (χ0) is 66.4. The molecule has 2 aliphatic heterocycles. The molecule has 2 aromatic rings. The van der Waals surface area contributed by atoms with E-state index >= 15 is 0 Å². The largest absolute Gasteiger partial charge is 0.393 e. The maximum Gasteiger partial charge on any atom is 0.253 e. The second kappa shape index (κ2) is 39.0. The summed E-state index contributed by atoms with van der Waals surface area (Å²) in [5, 5.41) is 28.0.